The second-order valence-corrected chi connectivity index (χ2v) is 12.4. The number of aromatic nitrogens is 1. The van der Waals surface area contributed by atoms with Crippen molar-refractivity contribution in [2.45, 2.75) is 84.4 Å². The number of hydrogen-bond donors (Lipinski definition) is 2. The third-order valence-corrected chi connectivity index (χ3v) is 9.61. The molecule has 0 bridgehead atoms. The average Bonchev–Trinajstić information content (AvgIpc) is 3.61. The maximum absolute atomic E-state index is 13.1. The van der Waals surface area contributed by atoms with Gasteiger partial charge in [-0.3, -0.25) is 19.7 Å². The third kappa shape index (κ3) is 5.68. The normalized spacial score (nSPS) is 20.0. The number of aryl methyl sites for hydroxylation is 1. The second kappa shape index (κ2) is 12.3. The summed E-state index contributed by atoms with van der Waals surface area (Å²) in [7, 11) is 1.93. The number of fused-ring (bicyclic) bond motifs is 3. The van der Waals surface area contributed by atoms with Crippen molar-refractivity contribution >= 4 is 28.9 Å². The second-order valence-electron chi connectivity index (χ2n) is 12.0. The lowest BCUT2D eigenvalue weighted by molar-refractivity contribution is -0.143. The predicted molar refractivity (Wildman–Crippen MR) is 171 cm³/mol. The lowest BCUT2D eigenvalue weighted by Gasteiger charge is -2.30. The lowest BCUT2D eigenvalue weighted by atomic mass is 9.83. The van der Waals surface area contributed by atoms with Gasteiger partial charge in [-0.05, 0) is 98.0 Å². The zero-order valence-electron chi connectivity index (χ0n) is 25.8. The van der Waals surface area contributed by atoms with Crippen LogP contribution in [0.4, 0.5) is 11.4 Å². The number of rotatable bonds is 8. The van der Waals surface area contributed by atoms with Crippen LogP contribution in [0.25, 0.3) is 0 Å². The first-order valence-corrected chi connectivity index (χ1v) is 15.9. The molecule has 3 atom stereocenters. The predicted octanol–water partition coefficient (Wildman–Crippen LogP) is 6.63. The Labute approximate surface area is 259 Å². The SMILES string of the molecule is CCOC(=O)CC(c1cc2c(c(CN3C[C@@H](CC)Oc4cccnc4[C@@H]3C)c1)CCC2)c1cc(Cl)c2c(c1C)NNN2C. The highest BCUT2D eigenvalue weighted by Gasteiger charge is 2.32. The summed E-state index contributed by atoms with van der Waals surface area (Å²) in [5, 5.41) is 2.52. The van der Waals surface area contributed by atoms with E-state index in [9.17, 15) is 4.79 Å². The molecule has 0 fully saturated rings. The van der Waals surface area contributed by atoms with Crippen LogP contribution in [0.15, 0.2) is 36.5 Å². The van der Waals surface area contributed by atoms with Gasteiger partial charge in [0.25, 0.3) is 0 Å². The number of nitrogens with zero attached hydrogens (tertiary/aromatic N) is 3. The van der Waals surface area contributed by atoms with Crippen molar-refractivity contribution in [3.63, 3.8) is 0 Å². The minimum Gasteiger partial charge on any atom is -0.487 e. The summed E-state index contributed by atoms with van der Waals surface area (Å²) in [6.45, 7) is 10.3. The summed E-state index contributed by atoms with van der Waals surface area (Å²) in [5.41, 5.74) is 16.6. The van der Waals surface area contributed by atoms with E-state index in [-0.39, 0.29) is 30.5 Å². The summed E-state index contributed by atoms with van der Waals surface area (Å²) in [6.07, 6.45) is 6.37. The number of benzene rings is 2. The summed E-state index contributed by atoms with van der Waals surface area (Å²) < 4.78 is 11.9. The van der Waals surface area contributed by atoms with E-state index >= 15 is 0 Å². The van der Waals surface area contributed by atoms with Gasteiger partial charge in [-0.1, -0.05) is 30.7 Å². The van der Waals surface area contributed by atoms with Crippen molar-refractivity contribution in [1.82, 2.24) is 15.4 Å². The van der Waals surface area contributed by atoms with E-state index in [1.807, 2.05) is 43.4 Å². The summed E-state index contributed by atoms with van der Waals surface area (Å²) in [6, 6.07) is 10.8. The Morgan fingerprint density at radius 3 is 2.88 bits per heavy atom. The van der Waals surface area contributed by atoms with E-state index < -0.39 is 0 Å². The molecule has 9 heteroatoms. The highest BCUT2D eigenvalue weighted by atomic mass is 35.5. The van der Waals surface area contributed by atoms with E-state index in [1.54, 1.807) is 0 Å². The van der Waals surface area contributed by atoms with Gasteiger partial charge in [0.15, 0.2) is 0 Å². The first-order chi connectivity index (χ1) is 20.8. The molecule has 6 rings (SSSR count). The van der Waals surface area contributed by atoms with Crippen molar-refractivity contribution in [3.8, 4) is 5.75 Å². The summed E-state index contributed by atoms with van der Waals surface area (Å²) in [5.74, 6) is 0.478. The maximum atomic E-state index is 13.1. The summed E-state index contributed by atoms with van der Waals surface area (Å²) >= 11 is 6.86. The van der Waals surface area contributed by atoms with E-state index in [2.05, 4.69) is 48.8 Å². The van der Waals surface area contributed by atoms with Gasteiger partial charge in [0.1, 0.15) is 11.9 Å². The standard InChI is InChI=1S/C34H42ClN5O3/c1-6-25-19-40(21(4)33-30(43-25)12-9-13-36-33)18-24-15-23(14-22-10-8-11-26(22)24)28(17-31(41)42-7-2)27-16-29(35)34-32(20(27)3)37-38-39(34)5/h9,12-16,21,25,28,37-38H,6-8,10-11,17-19H2,1-5H3/t21-,25+,28?/m0/s1. The van der Waals surface area contributed by atoms with E-state index in [0.29, 0.717) is 11.6 Å². The van der Waals surface area contributed by atoms with Crippen molar-refractivity contribution < 1.29 is 14.3 Å². The molecule has 228 valence electrons. The van der Waals surface area contributed by atoms with Crippen molar-refractivity contribution in [3.05, 3.63) is 80.6 Å². The van der Waals surface area contributed by atoms with Gasteiger partial charge in [-0.25, -0.2) is 0 Å². The van der Waals surface area contributed by atoms with Crippen LogP contribution in [0, 0.1) is 6.92 Å². The number of hydrazine groups is 2. The van der Waals surface area contributed by atoms with Crippen LogP contribution in [-0.2, 0) is 28.9 Å². The van der Waals surface area contributed by atoms with Gasteiger partial charge in [-0.2, -0.15) is 0 Å². The quantitative estimate of drug-likeness (QED) is 0.278. The van der Waals surface area contributed by atoms with Crippen LogP contribution < -0.4 is 20.7 Å². The highest BCUT2D eigenvalue weighted by molar-refractivity contribution is 6.34. The first-order valence-electron chi connectivity index (χ1n) is 15.5. The monoisotopic (exact) mass is 603 g/mol. The number of carbonyl (C=O) groups excluding carboxylic acids is 1. The van der Waals surface area contributed by atoms with Crippen LogP contribution in [0.2, 0.25) is 5.02 Å². The van der Waals surface area contributed by atoms with E-state index in [4.69, 9.17) is 26.1 Å². The maximum Gasteiger partial charge on any atom is 0.306 e. The molecule has 3 heterocycles. The van der Waals surface area contributed by atoms with Gasteiger partial charge in [0, 0.05) is 32.3 Å². The molecule has 2 N–H and O–H groups in total. The molecule has 3 aliphatic rings. The molecule has 1 aliphatic carbocycles. The molecule has 1 unspecified atom stereocenters. The molecule has 0 saturated carbocycles. The number of ether oxygens (including phenoxy) is 2. The molecule has 8 nitrogen and oxygen atoms in total. The van der Waals surface area contributed by atoms with E-state index in [0.717, 1.165) is 78.3 Å². The number of pyridine rings is 1. The van der Waals surface area contributed by atoms with Crippen LogP contribution in [-0.4, -0.2) is 42.2 Å². The lowest BCUT2D eigenvalue weighted by Crippen LogP contribution is -2.34. The molecule has 0 saturated heterocycles. The Bertz CT molecular complexity index is 1530. The van der Waals surface area contributed by atoms with Crippen LogP contribution >= 0.6 is 11.6 Å². The number of anilines is 2. The van der Waals surface area contributed by atoms with Crippen LogP contribution in [0.3, 0.4) is 0 Å². The van der Waals surface area contributed by atoms with Gasteiger partial charge >= 0.3 is 5.97 Å². The Morgan fingerprint density at radius 1 is 1.26 bits per heavy atom. The number of esters is 1. The summed E-state index contributed by atoms with van der Waals surface area (Å²) in [4.78, 5) is 20.3. The fraction of sp³-hybridized carbons (Fsp3) is 0.471. The first kappa shape index (κ1) is 29.7. The van der Waals surface area contributed by atoms with E-state index in [1.165, 1.54) is 16.7 Å². The molecule has 0 spiro atoms. The van der Waals surface area contributed by atoms with Crippen LogP contribution in [0.1, 0.15) is 91.1 Å². The Morgan fingerprint density at radius 2 is 2.09 bits per heavy atom. The van der Waals surface area contributed by atoms with Gasteiger partial charge < -0.3 is 14.9 Å². The average molecular weight is 604 g/mol. The fourth-order valence-electron chi connectivity index (χ4n) is 7.01. The third-order valence-electron chi connectivity index (χ3n) is 9.32. The van der Waals surface area contributed by atoms with Gasteiger partial charge in [0.05, 0.1) is 41.2 Å². The number of hydrogen-bond acceptors (Lipinski definition) is 8. The fourth-order valence-corrected chi connectivity index (χ4v) is 7.35. The Hall–Kier alpha value is -3.33. The smallest absolute Gasteiger partial charge is 0.306 e. The Kier molecular flexibility index (Phi) is 8.54. The molecule has 43 heavy (non-hydrogen) atoms. The number of carbonyl (C=O) groups is 1. The van der Waals surface area contributed by atoms with Gasteiger partial charge in [-0.15, -0.1) is 5.53 Å². The largest absolute Gasteiger partial charge is 0.487 e. The molecule has 1 aromatic heterocycles. The topological polar surface area (TPSA) is 79.0 Å². The van der Waals surface area contributed by atoms with Crippen LogP contribution in [0.5, 0.6) is 5.75 Å². The zero-order valence-corrected chi connectivity index (χ0v) is 26.6. The molecule has 3 aromatic rings. The number of nitrogens with one attached hydrogen (secondary N) is 2. The molecule has 2 aliphatic heterocycles. The zero-order chi connectivity index (χ0) is 30.2. The molecular formula is C34H42ClN5O3. The highest BCUT2D eigenvalue weighted by Crippen LogP contribution is 2.45. The number of halogens is 1. The molecular weight excluding hydrogens is 562 g/mol. The van der Waals surface area contributed by atoms with Crippen molar-refractivity contribution in [2.75, 3.05) is 30.6 Å². The van der Waals surface area contributed by atoms with Gasteiger partial charge in [0.2, 0.25) is 0 Å². The van der Waals surface area contributed by atoms with Crippen molar-refractivity contribution in [1.29, 1.82) is 0 Å². The molecule has 0 radical (unpaired) electrons. The Balaban J connectivity index is 1.43. The van der Waals surface area contributed by atoms with Crippen molar-refractivity contribution in [2.24, 2.45) is 0 Å². The minimum atomic E-state index is -0.208. The molecule has 2 aromatic carbocycles. The molecule has 0 amide bonds. The minimum absolute atomic E-state index is 0.0936.